The van der Waals surface area contributed by atoms with E-state index in [1.165, 1.54) is 0 Å². The van der Waals surface area contributed by atoms with Crippen molar-refractivity contribution in [3.8, 4) is 0 Å². The highest BCUT2D eigenvalue weighted by molar-refractivity contribution is 7.07. The first-order valence-corrected chi connectivity index (χ1v) is 11.1. The molecule has 0 saturated carbocycles. The minimum Gasteiger partial charge on any atom is -0.353 e. The van der Waals surface area contributed by atoms with E-state index in [1.54, 1.807) is 23.7 Å². The van der Waals surface area contributed by atoms with Crippen molar-refractivity contribution < 1.29 is 0 Å². The molecule has 2 N–H and O–H groups in total. The maximum absolute atomic E-state index is 4.86. The molecule has 1 atom stereocenters. The van der Waals surface area contributed by atoms with Gasteiger partial charge in [0.1, 0.15) is 0 Å². The molecule has 9 heteroatoms. The van der Waals surface area contributed by atoms with Crippen molar-refractivity contribution in [3.63, 3.8) is 0 Å². The van der Waals surface area contributed by atoms with Gasteiger partial charge in [0.2, 0.25) is 11.9 Å². The Morgan fingerprint density at radius 2 is 2.00 bits per heavy atom. The lowest BCUT2D eigenvalue weighted by atomic mass is 10.3. The van der Waals surface area contributed by atoms with Crippen LogP contribution in [0.15, 0.2) is 53.6 Å². The fourth-order valence-electron chi connectivity index (χ4n) is 3.88. The van der Waals surface area contributed by atoms with Gasteiger partial charge in [0, 0.05) is 50.0 Å². The summed E-state index contributed by atoms with van der Waals surface area (Å²) in [5, 5.41) is 9.07. The molecule has 5 rings (SSSR count). The Morgan fingerprint density at radius 1 is 1.10 bits per heavy atom. The number of thiazole rings is 1. The van der Waals surface area contributed by atoms with E-state index in [4.69, 9.17) is 4.98 Å². The molecule has 1 unspecified atom stereocenters. The van der Waals surface area contributed by atoms with Crippen LogP contribution in [0.25, 0.3) is 11.0 Å². The van der Waals surface area contributed by atoms with Crippen molar-refractivity contribution >= 4 is 34.3 Å². The van der Waals surface area contributed by atoms with Crippen LogP contribution in [0, 0.1) is 0 Å². The molecule has 0 bridgehead atoms. The summed E-state index contributed by atoms with van der Waals surface area (Å²) < 4.78 is 2.24. The molecule has 1 aliphatic rings. The minimum absolute atomic E-state index is 0.379. The predicted molar refractivity (Wildman–Crippen MR) is 120 cm³/mol. The summed E-state index contributed by atoms with van der Waals surface area (Å²) in [7, 11) is 0. The van der Waals surface area contributed by atoms with Gasteiger partial charge in [-0.05, 0) is 24.6 Å². The van der Waals surface area contributed by atoms with E-state index < -0.39 is 0 Å². The van der Waals surface area contributed by atoms with Crippen molar-refractivity contribution in [1.82, 2.24) is 29.4 Å². The molecule has 0 spiro atoms. The number of para-hydroxylation sites is 2. The number of imidazole rings is 1. The van der Waals surface area contributed by atoms with Crippen LogP contribution in [0.1, 0.15) is 12.1 Å². The molecular weight excluding hydrogens is 396 g/mol. The second-order valence-electron chi connectivity index (χ2n) is 7.42. The SMILES string of the molecule is c1cnc(NCCN2CCC(Nc3nc4ccccc4n3Cc3cscn3)C2)nc1. The number of hydrogen-bond acceptors (Lipinski definition) is 8. The maximum Gasteiger partial charge on any atom is 0.222 e. The van der Waals surface area contributed by atoms with Gasteiger partial charge in [0.15, 0.2) is 0 Å². The van der Waals surface area contributed by atoms with Crippen molar-refractivity contribution in [2.75, 3.05) is 36.8 Å². The normalized spacial score (nSPS) is 16.9. The average Bonchev–Trinajstić information content (AvgIpc) is 3.51. The zero-order valence-corrected chi connectivity index (χ0v) is 17.4. The molecule has 0 radical (unpaired) electrons. The quantitative estimate of drug-likeness (QED) is 0.453. The highest BCUT2D eigenvalue weighted by Gasteiger charge is 2.24. The third kappa shape index (κ3) is 4.27. The lowest BCUT2D eigenvalue weighted by Gasteiger charge is -2.18. The number of nitrogens with zero attached hydrogens (tertiary/aromatic N) is 6. The van der Waals surface area contributed by atoms with Crippen molar-refractivity contribution in [2.24, 2.45) is 0 Å². The first kappa shape index (κ1) is 19.0. The zero-order valence-electron chi connectivity index (χ0n) is 16.6. The average molecular weight is 421 g/mol. The van der Waals surface area contributed by atoms with Crippen LogP contribution in [0.4, 0.5) is 11.9 Å². The van der Waals surface area contributed by atoms with Crippen LogP contribution in [0.3, 0.4) is 0 Å². The van der Waals surface area contributed by atoms with Gasteiger partial charge in [-0.3, -0.25) is 4.90 Å². The second kappa shape index (κ2) is 8.76. The van der Waals surface area contributed by atoms with Gasteiger partial charge in [-0.2, -0.15) is 0 Å². The third-order valence-electron chi connectivity index (χ3n) is 5.34. The van der Waals surface area contributed by atoms with Gasteiger partial charge in [-0.25, -0.2) is 19.9 Å². The van der Waals surface area contributed by atoms with Gasteiger partial charge in [-0.1, -0.05) is 12.1 Å². The summed E-state index contributed by atoms with van der Waals surface area (Å²) in [6.07, 6.45) is 4.60. The summed E-state index contributed by atoms with van der Waals surface area (Å²) in [5.74, 6) is 1.61. The summed E-state index contributed by atoms with van der Waals surface area (Å²) >= 11 is 1.63. The van der Waals surface area contributed by atoms with Gasteiger partial charge in [0.25, 0.3) is 0 Å². The van der Waals surface area contributed by atoms with Crippen LogP contribution < -0.4 is 10.6 Å². The number of fused-ring (bicyclic) bond motifs is 1. The minimum atomic E-state index is 0.379. The Bertz CT molecular complexity index is 1080. The van der Waals surface area contributed by atoms with Crippen LogP contribution >= 0.6 is 11.3 Å². The van der Waals surface area contributed by atoms with Crippen molar-refractivity contribution in [1.29, 1.82) is 0 Å². The highest BCUT2D eigenvalue weighted by Crippen LogP contribution is 2.23. The Morgan fingerprint density at radius 3 is 2.87 bits per heavy atom. The smallest absolute Gasteiger partial charge is 0.222 e. The molecule has 8 nitrogen and oxygen atoms in total. The predicted octanol–water partition coefficient (Wildman–Crippen LogP) is 2.93. The molecule has 0 amide bonds. The van der Waals surface area contributed by atoms with E-state index in [0.29, 0.717) is 12.0 Å². The Kier molecular flexibility index (Phi) is 5.54. The number of aromatic nitrogens is 5. The number of anilines is 2. The largest absolute Gasteiger partial charge is 0.353 e. The van der Waals surface area contributed by atoms with Crippen LogP contribution in [-0.4, -0.2) is 61.6 Å². The molecule has 1 saturated heterocycles. The van der Waals surface area contributed by atoms with E-state index >= 15 is 0 Å². The molecule has 1 aliphatic heterocycles. The van der Waals surface area contributed by atoms with Gasteiger partial charge < -0.3 is 15.2 Å². The molecule has 0 aliphatic carbocycles. The fraction of sp³-hybridized carbons (Fsp3) is 0.333. The standard InChI is InChI=1S/C21H24N8S/c1-2-5-19-18(4-1)27-21(29(19)13-17-14-30-15-25-17)26-16-6-10-28(12-16)11-9-24-20-22-7-3-8-23-20/h1-5,7-8,14-16H,6,9-13H2,(H,26,27)(H,22,23,24). The Balaban J connectivity index is 1.22. The summed E-state index contributed by atoms with van der Waals surface area (Å²) in [6.45, 7) is 4.59. The lowest BCUT2D eigenvalue weighted by Crippen LogP contribution is -2.30. The third-order valence-corrected chi connectivity index (χ3v) is 5.98. The molecule has 3 aromatic heterocycles. The molecule has 1 aromatic carbocycles. The molecule has 30 heavy (non-hydrogen) atoms. The number of hydrogen-bond donors (Lipinski definition) is 2. The molecular formula is C21H24N8S. The van der Waals surface area contributed by atoms with Crippen LogP contribution in [0.2, 0.25) is 0 Å². The summed E-state index contributed by atoms with van der Waals surface area (Å²) in [4.78, 5) is 20.2. The van der Waals surface area contributed by atoms with E-state index in [1.807, 2.05) is 17.6 Å². The number of nitrogens with one attached hydrogen (secondary N) is 2. The second-order valence-corrected chi connectivity index (χ2v) is 8.14. The summed E-state index contributed by atoms with van der Waals surface area (Å²) in [6, 6.07) is 10.5. The maximum atomic E-state index is 4.86. The van der Waals surface area contributed by atoms with Crippen LogP contribution in [-0.2, 0) is 6.54 Å². The first-order chi connectivity index (χ1) is 14.8. The number of benzene rings is 1. The lowest BCUT2D eigenvalue weighted by molar-refractivity contribution is 0.349. The van der Waals surface area contributed by atoms with Crippen molar-refractivity contribution in [2.45, 2.75) is 19.0 Å². The Labute approximate surface area is 179 Å². The molecule has 1 fully saturated rings. The number of likely N-dealkylation sites (tertiary alicyclic amines) is 1. The van der Waals surface area contributed by atoms with E-state index in [-0.39, 0.29) is 0 Å². The molecule has 154 valence electrons. The van der Waals surface area contributed by atoms with Crippen molar-refractivity contribution in [3.05, 3.63) is 59.3 Å². The topological polar surface area (TPSA) is 83.8 Å². The number of rotatable bonds is 8. The van der Waals surface area contributed by atoms with Gasteiger partial charge in [-0.15, -0.1) is 11.3 Å². The van der Waals surface area contributed by atoms with Gasteiger partial charge in [0.05, 0.1) is 28.8 Å². The van der Waals surface area contributed by atoms with E-state index in [9.17, 15) is 0 Å². The molecule has 4 heterocycles. The first-order valence-electron chi connectivity index (χ1n) is 10.2. The summed E-state index contributed by atoms with van der Waals surface area (Å²) in [5.41, 5.74) is 5.09. The van der Waals surface area contributed by atoms with Crippen LogP contribution in [0.5, 0.6) is 0 Å². The monoisotopic (exact) mass is 420 g/mol. The zero-order chi connectivity index (χ0) is 20.2. The fourth-order valence-corrected chi connectivity index (χ4v) is 4.43. The highest BCUT2D eigenvalue weighted by atomic mass is 32.1. The Hall–Kier alpha value is -3.04. The van der Waals surface area contributed by atoms with E-state index in [2.05, 4.69) is 58.6 Å². The molecule has 4 aromatic rings. The van der Waals surface area contributed by atoms with Gasteiger partial charge >= 0.3 is 0 Å². The van der Waals surface area contributed by atoms with E-state index in [0.717, 1.165) is 61.8 Å².